The number of aliphatic hydroxyl groups excluding tert-OH is 1. The van der Waals surface area contributed by atoms with Gasteiger partial charge in [-0.15, -0.1) is 0 Å². The van der Waals surface area contributed by atoms with Crippen LogP contribution in [-0.4, -0.2) is 18.3 Å². The third kappa shape index (κ3) is 3.79. The number of nitrogens with two attached hydrogens (primary N) is 1. The molecule has 2 aromatic rings. The first-order valence-corrected chi connectivity index (χ1v) is 6.55. The zero-order valence-corrected chi connectivity index (χ0v) is 11.1. The lowest BCUT2D eigenvalue weighted by atomic mass is 10.1. The van der Waals surface area contributed by atoms with Gasteiger partial charge in [-0.2, -0.15) is 0 Å². The first kappa shape index (κ1) is 14.5. The van der Waals surface area contributed by atoms with Crippen LogP contribution in [0.4, 0.5) is 4.39 Å². The summed E-state index contributed by atoms with van der Waals surface area (Å²) in [4.78, 5) is 0. The Balaban J connectivity index is 2.07. The van der Waals surface area contributed by atoms with E-state index in [1.807, 2.05) is 24.3 Å². The van der Waals surface area contributed by atoms with Crippen molar-refractivity contribution in [2.45, 2.75) is 12.5 Å². The second-order valence-electron chi connectivity index (χ2n) is 4.51. The summed E-state index contributed by atoms with van der Waals surface area (Å²) >= 11 is 0. The Morgan fingerprint density at radius 3 is 2.25 bits per heavy atom. The molecule has 0 fully saturated rings. The molecular formula is C16H18FNO2. The van der Waals surface area contributed by atoms with Crippen LogP contribution in [0.2, 0.25) is 0 Å². The van der Waals surface area contributed by atoms with Gasteiger partial charge in [0.05, 0.1) is 0 Å². The lowest BCUT2D eigenvalue weighted by Crippen LogP contribution is -2.18. The van der Waals surface area contributed by atoms with Gasteiger partial charge >= 0.3 is 0 Å². The maximum atomic E-state index is 12.9. The number of aliphatic hydroxyl groups is 1. The maximum absolute atomic E-state index is 12.9. The van der Waals surface area contributed by atoms with E-state index in [-0.39, 0.29) is 18.5 Å². The summed E-state index contributed by atoms with van der Waals surface area (Å²) in [5.74, 6) is 0.421. The van der Waals surface area contributed by atoms with Crippen molar-refractivity contribution in [2.75, 3.05) is 13.2 Å². The highest BCUT2D eigenvalue weighted by atomic mass is 19.1. The van der Waals surface area contributed by atoms with Gasteiger partial charge in [0.15, 0.2) is 0 Å². The molecule has 4 heteroatoms. The zero-order valence-electron chi connectivity index (χ0n) is 11.1. The monoisotopic (exact) mass is 275 g/mol. The fourth-order valence-electron chi connectivity index (χ4n) is 1.96. The summed E-state index contributed by atoms with van der Waals surface area (Å²) in [6.07, 6.45) is 0.317. The van der Waals surface area contributed by atoms with Crippen LogP contribution in [0.1, 0.15) is 17.2 Å². The first-order chi connectivity index (χ1) is 9.72. The SMILES string of the molecule is NCC(Oc1ccc(CCO)cc1)c1ccc(F)cc1. The number of halogens is 1. The molecule has 0 radical (unpaired) electrons. The highest BCUT2D eigenvalue weighted by molar-refractivity contribution is 5.29. The predicted octanol–water partition coefficient (Wildman–Crippen LogP) is 2.44. The third-order valence-corrected chi connectivity index (χ3v) is 3.06. The highest BCUT2D eigenvalue weighted by Crippen LogP contribution is 2.22. The summed E-state index contributed by atoms with van der Waals surface area (Å²) in [5.41, 5.74) is 7.60. The molecule has 0 aromatic heterocycles. The summed E-state index contributed by atoms with van der Waals surface area (Å²) in [5, 5.41) is 8.87. The lowest BCUT2D eigenvalue weighted by molar-refractivity contribution is 0.214. The summed E-state index contributed by atoms with van der Waals surface area (Å²) in [7, 11) is 0. The van der Waals surface area contributed by atoms with E-state index in [0.717, 1.165) is 11.1 Å². The quantitative estimate of drug-likeness (QED) is 0.851. The van der Waals surface area contributed by atoms with Gasteiger partial charge in [0.25, 0.3) is 0 Å². The predicted molar refractivity (Wildman–Crippen MR) is 76.1 cm³/mol. The fraction of sp³-hybridized carbons (Fsp3) is 0.250. The Morgan fingerprint density at radius 1 is 1.05 bits per heavy atom. The van der Waals surface area contributed by atoms with E-state index in [1.165, 1.54) is 12.1 Å². The second kappa shape index (κ2) is 7.03. The van der Waals surface area contributed by atoms with Crippen LogP contribution in [0.15, 0.2) is 48.5 Å². The topological polar surface area (TPSA) is 55.5 Å². The Morgan fingerprint density at radius 2 is 1.70 bits per heavy atom. The van der Waals surface area contributed by atoms with Gasteiger partial charge < -0.3 is 15.6 Å². The number of ether oxygens (including phenoxy) is 1. The summed E-state index contributed by atoms with van der Waals surface area (Å²) < 4.78 is 18.7. The van der Waals surface area contributed by atoms with E-state index in [2.05, 4.69) is 0 Å². The number of rotatable bonds is 6. The van der Waals surface area contributed by atoms with Crippen molar-refractivity contribution in [1.29, 1.82) is 0 Å². The van der Waals surface area contributed by atoms with Crippen molar-refractivity contribution in [1.82, 2.24) is 0 Å². The highest BCUT2D eigenvalue weighted by Gasteiger charge is 2.11. The number of benzene rings is 2. The fourth-order valence-corrected chi connectivity index (χ4v) is 1.96. The Kier molecular flexibility index (Phi) is 5.09. The van der Waals surface area contributed by atoms with Crippen molar-refractivity contribution >= 4 is 0 Å². The van der Waals surface area contributed by atoms with Gasteiger partial charge in [-0.1, -0.05) is 24.3 Å². The smallest absolute Gasteiger partial charge is 0.136 e. The van der Waals surface area contributed by atoms with Crippen molar-refractivity contribution in [3.63, 3.8) is 0 Å². The third-order valence-electron chi connectivity index (χ3n) is 3.06. The van der Waals surface area contributed by atoms with Crippen LogP contribution in [0.5, 0.6) is 5.75 Å². The molecule has 0 aliphatic rings. The van der Waals surface area contributed by atoms with Crippen LogP contribution >= 0.6 is 0 Å². The van der Waals surface area contributed by atoms with Gasteiger partial charge in [-0.3, -0.25) is 0 Å². The Bertz CT molecular complexity index is 525. The van der Waals surface area contributed by atoms with Gasteiger partial charge in [0.2, 0.25) is 0 Å². The van der Waals surface area contributed by atoms with Gasteiger partial charge in [0, 0.05) is 13.2 Å². The van der Waals surface area contributed by atoms with Crippen molar-refractivity contribution in [3.8, 4) is 5.75 Å². The van der Waals surface area contributed by atoms with Crippen LogP contribution in [0.3, 0.4) is 0 Å². The molecule has 3 nitrogen and oxygen atoms in total. The molecule has 0 saturated carbocycles. The molecule has 106 valence electrons. The normalized spacial score (nSPS) is 12.2. The minimum Gasteiger partial charge on any atom is -0.484 e. The van der Waals surface area contributed by atoms with Crippen molar-refractivity contribution in [2.24, 2.45) is 5.73 Å². The molecule has 0 spiro atoms. The van der Waals surface area contributed by atoms with Gasteiger partial charge in [0.1, 0.15) is 17.7 Å². The van der Waals surface area contributed by atoms with Crippen LogP contribution in [-0.2, 0) is 6.42 Å². The minimum absolute atomic E-state index is 0.126. The molecule has 1 atom stereocenters. The molecule has 20 heavy (non-hydrogen) atoms. The molecule has 0 aliphatic carbocycles. The van der Waals surface area contributed by atoms with Gasteiger partial charge in [-0.25, -0.2) is 4.39 Å². The molecule has 2 rings (SSSR count). The molecule has 0 bridgehead atoms. The zero-order chi connectivity index (χ0) is 14.4. The van der Waals surface area contributed by atoms with E-state index in [4.69, 9.17) is 15.6 Å². The summed E-state index contributed by atoms with van der Waals surface area (Å²) in [6, 6.07) is 13.6. The number of hydrogen-bond acceptors (Lipinski definition) is 3. The van der Waals surface area contributed by atoms with E-state index >= 15 is 0 Å². The van der Waals surface area contributed by atoms with E-state index in [9.17, 15) is 4.39 Å². The van der Waals surface area contributed by atoms with Crippen LogP contribution in [0, 0.1) is 5.82 Å². The van der Waals surface area contributed by atoms with Crippen molar-refractivity contribution in [3.05, 3.63) is 65.5 Å². The molecule has 1 unspecified atom stereocenters. The average Bonchev–Trinajstić information content (AvgIpc) is 2.48. The summed E-state index contributed by atoms with van der Waals surface area (Å²) in [6.45, 7) is 0.436. The molecule has 0 amide bonds. The van der Waals surface area contributed by atoms with Crippen LogP contribution in [0.25, 0.3) is 0 Å². The largest absolute Gasteiger partial charge is 0.484 e. The number of hydrogen-bond donors (Lipinski definition) is 2. The molecule has 3 N–H and O–H groups in total. The molecule has 0 saturated heterocycles. The minimum atomic E-state index is -0.306. The second-order valence-corrected chi connectivity index (χ2v) is 4.51. The van der Waals surface area contributed by atoms with E-state index in [0.29, 0.717) is 18.7 Å². The molecule has 0 heterocycles. The van der Waals surface area contributed by atoms with Crippen molar-refractivity contribution < 1.29 is 14.2 Å². The molecule has 2 aromatic carbocycles. The molecular weight excluding hydrogens is 257 g/mol. The maximum Gasteiger partial charge on any atom is 0.136 e. The van der Waals surface area contributed by atoms with Crippen LogP contribution < -0.4 is 10.5 Å². The van der Waals surface area contributed by atoms with E-state index < -0.39 is 0 Å². The Labute approximate surface area is 117 Å². The van der Waals surface area contributed by atoms with E-state index in [1.54, 1.807) is 12.1 Å². The Hall–Kier alpha value is -1.91. The van der Waals surface area contributed by atoms with Gasteiger partial charge in [-0.05, 0) is 41.8 Å². The lowest BCUT2D eigenvalue weighted by Gasteiger charge is -2.18. The first-order valence-electron chi connectivity index (χ1n) is 6.55. The standard InChI is InChI=1S/C16H18FNO2/c17-14-5-3-13(4-6-14)16(11-18)20-15-7-1-12(2-8-15)9-10-19/h1-8,16,19H,9-11,18H2. The molecule has 0 aliphatic heterocycles. The average molecular weight is 275 g/mol.